The molecule has 0 aliphatic rings. The number of benzene rings is 10. The predicted molar refractivity (Wildman–Crippen MR) is 272 cm³/mol. The van der Waals surface area contributed by atoms with Crippen molar-refractivity contribution in [2.24, 2.45) is 0 Å². The Bertz CT molecular complexity index is 2920. The normalized spacial score (nSPS) is 11.0. The topological polar surface area (TPSA) is 6.48 Å². The lowest BCUT2D eigenvalue weighted by Crippen LogP contribution is -2.12. The van der Waals surface area contributed by atoms with Crippen molar-refractivity contribution in [3.05, 3.63) is 266 Å². The van der Waals surface area contributed by atoms with E-state index in [4.69, 9.17) is 0 Å². The van der Waals surface area contributed by atoms with E-state index in [0.717, 1.165) is 34.1 Å². The van der Waals surface area contributed by atoms with Gasteiger partial charge in [0.2, 0.25) is 0 Å². The third-order valence-electron chi connectivity index (χ3n) is 12.2. The first kappa shape index (κ1) is 39.9. The molecule has 10 aromatic carbocycles. The maximum atomic E-state index is 2.40. The molecule has 0 radical (unpaired) electrons. The molecule has 0 unspecified atom stereocenters. The quantitative estimate of drug-likeness (QED) is 0.128. The van der Waals surface area contributed by atoms with E-state index in [0.29, 0.717) is 0 Å². The van der Waals surface area contributed by atoms with Crippen molar-refractivity contribution < 1.29 is 0 Å². The van der Waals surface area contributed by atoms with Gasteiger partial charge in [0.05, 0.1) is 11.4 Å². The summed E-state index contributed by atoms with van der Waals surface area (Å²) in [5.41, 5.74) is 21.0. The van der Waals surface area contributed by atoms with E-state index < -0.39 is 0 Å². The summed E-state index contributed by atoms with van der Waals surface area (Å²) in [5.74, 6) is 0. The third kappa shape index (κ3) is 8.13. The number of rotatable bonds is 11. The van der Waals surface area contributed by atoms with Crippen molar-refractivity contribution in [1.29, 1.82) is 0 Å². The standard InChI is InChI=1S/C62H48N2/c1-45-43-55(63(53-35-31-49(32-36-53)47-19-7-3-8-20-47)61-29-17-15-27-59(61)51-23-11-5-12-24-51)39-41-57(45)58-42-40-56(44-46(58)2)64(54-37-33-50(34-38-54)48-21-9-4-10-22-48)62-30-18-16-28-60(62)52-25-13-6-14-26-52/h3-44H,1-2H3. The fourth-order valence-electron chi connectivity index (χ4n) is 8.96. The molecule has 64 heavy (non-hydrogen) atoms. The number of para-hydroxylation sites is 2. The van der Waals surface area contributed by atoms with Crippen LogP contribution in [0, 0.1) is 13.8 Å². The lowest BCUT2D eigenvalue weighted by molar-refractivity contribution is 1.26. The minimum absolute atomic E-state index is 1.10. The van der Waals surface area contributed by atoms with Crippen molar-refractivity contribution in [2.75, 3.05) is 9.80 Å². The van der Waals surface area contributed by atoms with Crippen molar-refractivity contribution in [1.82, 2.24) is 0 Å². The molecule has 0 atom stereocenters. The first-order chi connectivity index (χ1) is 31.6. The maximum Gasteiger partial charge on any atom is 0.0540 e. The molecule has 2 heteroatoms. The third-order valence-corrected chi connectivity index (χ3v) is 12.2. The van der Waals surface area contributed by atoms with Crippen LogP contribution in [0.25, 0.3) is 55.6 Å². The van der Waals surface area contributed by atoms with E-state index >= 15 is 0 Å². The lowest BCUT2D eigenvalue weighted by atomic mass is 9.94. The second kappa shape index (κ2) is 18.0. The Balaban J connectivity index is 1.05. The Kier molecular flexibility index (Phi) is 11.2. The molecule has 0 amide bonds. The number of hydrogen-bond donors (Lipinski definition) is 0. The zero-order chi connectivity index (χ0) is 43.2. The number of hydrogen-bond acceptors (Lipinski definition) is 2. The van der Waals surface area contributed by atoms with E-state index in [-0.39, 0.29) is 0 Å². The molecule has 0 aromatic heterocycles. The summed E-state index contributed by atoms with van der Waals surface area (Å²) in [5, 5.41) is 0. The summed E-state index contributed by atoms with van der Waals surface area (Å²) >= 11 is 0. The molecule has 0 bridgehead atoms. The summed E-state index contributed by atoms with van der Waals surface area (Å²) in [4.78, 5) is 4.80. The van der Waals surface area contributed by atoms with Crippen LogP contribution < -0.4 is 9.80 Å². The summed E-state index contributed by atoms with van der Waals surface area (Å²) in [7, 11) is 0. The Morgan fingerprint density at radius 2 is 0.500 bits per heavy atom. The van der Waals surface area contributed by atoms with Crippen LogP contribution in [-0.2, 0) is 0 Å². The highest BCUT2D eigenvalue weighted by Crippen LogP contribution is 2.45. The van der Waals surface area contributed by atoms with Crippen molar-refractivity contribution >= 4 is 34.1 Å². The first-order valence-corrected chi connectivity index (χ1v) is 22.0. The van der Waals surface area contributed by atoms with Gasteiger partial charge in [0.1, 0.15) is 0 Å². The minimum Gasteiger partial charge on any atom is -0.310 e. The van der Waals surface area contributed by atoms with Crippen molar-refractivity contribution in [3.8, 4) is 55.6 Å². The van der Waals surface area contributed by atoms with E-state index in [1.165, 1.54) is 66.8 Å². The fourth-order valence-corrected chi connectivity index (χ4v) is 8.96. The van der Waals surface area contributed by atoms with Crippen LogP contribution >= 0.6 is 0 Å². The highest BCUT2D eigenvalue weighted by Gasteiger charge is 2.21. The number of anilines is 6. The van der Waals surface area contributed by atoms with Crippen molar-refractivity contribution in [3.63, 3.8) is 0 Å². The first-order valence-electron chi connectivity index (χ1n) is 22.0. The van der Waals surface area contributed by atoms with Gasteiger partial charge in [-0.2, -0.15) is 0 Å². The predicted octanol–water partition coefficient (Wildman–Crippen LogP) is 17.6. The molecular weight excluding hydrogens is 773 g/mol. The second-order valence-electron chi connectivity index (χ2n) is 16.3. The zero-order valence-electron chi connectivity index (χ0n) is 36.1. The number of aryl methyl sites for hydroxylation is 2. The molecular formula is C62H48N2. The molecule has 0 spiro atoms. The number of nitrogens with zero attached hydrogens (tertiary/aromatic N) is 2. The molecule has 0 saturated heterocycles. The Morgan fingerprint density at radius 1 is 0.219 bits per heavy atom. The van der Waals surface area contributed by atoms with Gasteiger partial charge in [-0.05, 0) is 130 Å². The van der Waals surface area contributed by atoms with E-state index in [1.807, 2.05) is 0 Å². The fraction of sp³-hybridized carbons (Fsp3) is 0.0323. The molecule has 0 fully saturated rings. The van der Waals surface area contributed by atoms with Crippen LogP contribution in [-0.4, -0.2) is 0 Å². The maximum absolute atomic E-state index is 2.40. The lowest BCUT2D eigenvalue weighted by Gasteiger charge is -2.29. The van der Waals surface area contributed by atoms with Gasteiger partial charge >= 0.3 is 0 Å². The molecule has 0 heterocycles. The highest BCUT2D eigenvalue weighted by atomic mass is 15.1. The van der Waals surface area contributed by atoms with E-state index in [1.54, 1.807) is 0 Å². The van der Waals surface area contributed by atoms with Gasteiger partial charge in [-0.3, -0.25) is 0 Å². The summed E-state index contributed by atoms with van der Waals surface area (Å²) in [6.45, 7) is 4.48. The van der Waals surface area contributed by atoms with Crippen LogP contribution in [0.2, 0.25) is 0 Å². The average Bonchev–Trinajstić information content (AvgIpc) is 3.36. The largest absolute Gasteiger partial charge is 0.310 e. The monoisotopic (exact) mass is 820 g/mol. The second-order valence-corrected chi connectivity index (χ2v) is 16.3. The van der Waals surface area contributed by atoms with Crippen LogP contribution in [0.1, 0.15) is 11.1 Å². The SMILES string of the molecule is Cc1cc(N(c2ccc(-c3ccccc3)cc2)c2ccccc2-c2ccccc2)ccc1-c1ccc(N(c2ccc(-c3ccccc3)cc2)c2ccccc2-c2ccccc2)cc1C. The molecule has 0 saturated carbocycles. The minimum atomic E-state index is 1.10. The van der Waals surface area contributed by atoms with E-state index in [2.05, 4.69) is 278 Å². The van der Waals surface area contributed by atoms with Gasteiger partial charge in [0.25, 0.3) is 0 Å². The molecule has 0 aliphatic heterocycles. The van der Waals surface area contributed by atoms with Crippen LogP contribution in [0.5, 0.6) is 0 Å². The van der Waals surface area contributed by atoms with Gasteiger partial charge in [0, 0.05) is 33.9 Å². The highest BCUT2D eigenvalue weighted by molar-refractivity contribution is 5.91. The summed E-state index contributed by atoms with van der Waals surface area (Å²) < 4.78 is 0. The van der Waals surface area contributed by atoms with Gasteiger partial charge in [0.15, 0.2) is 0 Å². The Morgan fingerprint density at radius 3 is 0.844 bits per heavy atom. The summed E-state index contributed by atoms with van der Waals surface area (Å²) in [6, 6.07) is 91.7. The zero-order valence-corrected chi connectivity index (χ0v) is 36.1. The molecule has 0 N–H and O–H groups in total. The van der Waals surface area contributed by atoms with Crippen LogP contribution in [0.4, 0.5) is 34.1 Å². The molecule has 306 valence electrons. The molecule has 0 aliphatic carbocycles. The molecule has 2 nitrogen and oxygen atoms in total. The van der Waals surface area contributed by atoms with Gasteiger partial charge in [-0.1, -0.05) is 194 Å². The van der Waals surface area contributed by atoms with Crippen LogP contribution in [0.15, 0.2) is 255 Å². The summed E-state index contributed by atoms with van der Waals surface area (Å²) in [6.07, 6.45) is 0. The molecule has 10 rings (SSSR count). The van der Waals surface area contributed by atoms with Gasteiger partial charge in [-0.15, -0.1) is 0 Å². The Hall–Kier alpha value is -8.20. The average molecular weight is 821 g/mol. The smallest absolute Gasteiger partial charge is 0.0540 e. The van der Waals surface area contributed by atoms with E-state index in [9.17, 15) is 0 Å². The van der Waals surface area contributed by atoms with Gasteiger partial charge in [-0.25, -0.2) is 0 Å². The van der Waals surface area contributed by atoms with Crippen LogP contribution in [0.3, 0.4) is 0 Å². The van der Waals surface area contributed by atoms with Crippen molar-refractivity contribution in [2.45, 2.75) is 13.8 Å². The van der Waals surface area contributed by atoms with Gasteiger partial charge < -0.3 is 9.80 Å². The molecule has 10 aromatic rings. The Labute approximate surface area is 377 Å².